The molecule has 0 atom stereocenters. The highest BCUT2D eigenvalue weighted by Crippen LogP contribution is 2.21. The van der Waals surface area contributed by atoms with E-state index >= 15 is 0 Å². The number of sulfonamides is 1. The highest BCUT2D eigenvalue weighted by Gasteiger charge is 2.20. The zero-order valence-electron chi connectivity index (χ0n) is 15.3. The van der Waals surface area contributed by atoms with E-state index in [-0.39, 0.29) is 6.54 Å². The van der Waals surface area contributed by atoms with Gasteiger partial charge in [0.25, 0.3) is 5.91 Å². The summed E-state index contributed by atoms with van der Waals surface area (Å²) in [5.74, 6) is -0.164. The standard InChI is InChI=1S/C18H23N3O3S2/c1-13(2)15-5-7-16(8-6-15)21(26(4,23)24)12-18(22)20-19-11-17-14(3)9-10-25-17/h5-11,13H,12H2,1-4H3,(H,20,22)/b19-11-. The highest BCUT2D eigenvalue weighted by atomic mass is 32.2. The first-order valence-electron chi connectivity index (χ1n) is 8.12. The molecule has 1 aromatic heterocycles. The van der Waals surface area contributed by atoms with E-state index in [1.165, 1.54) is 11.3 Å². The van der Waals surface area contributed by atoms with Gasteiger partial charge in [0.15, 0.2) is 0 Å². The van der Waals surface area contributed by atoms with Gasteiger partial charge in [-0.3, -0.25) is 9.10 Å². The Morgan fingerprint density at radius 3 is 2.42 bits per heavy atom. The van der Waals surface area contributed by atoms with Crippen molar-refractivity contribution in [2.24, 2.45) is 5.10 Å². The van der Waals surface area contributed by atoms with Crippen LogP contribution in [-0.2, 0) is 14.8 Å². The van der Waals surface area contributed by atoms with E-state index < -0.39 is 15.9 Å². The number of benzene rings is 1. The molecule has 0 bridgehead atoms. The largest absolute Gasteiger partial charge is 0.271 e. The van der Waals surface area contributed by atoms with Crippen LogP contribution in [0.25, 0.3) is 0 Å². The summed E-state index contributed by atoms with van der Waals surface area (Å²) < 4.78 is 25.3. The summed E-state index contributed by atoms with van der Waals surface area (Å²) in [4.78, 5) is 13.1. The van der Waals surface area contributed by atoms with E-state index in [4.69, 9.17) is 0 Å². The third kappa shape index (κ3) is 5.40. The number of nitrogens with zero attached hydrogens (tertiary/aromatic N) is 2. The minimum Gasteiger partial charge on any atom is -0.271 e. The van der Waals surface area contributed by atoms with E-state index in [0.29, 0.717) is 11.6 Å². The number of thiophene rings is 1. The molecular weight excluding hydrogens is 370 g/mol. The lowest BCUT2D eigenvalue weighted by Crippen LogP contribution is -2.39. The fraction of sp³-hybridized carbons (Fsp3) is 0.333. The van der Waals surface area contributed by atoms with Crippen LogP contribution in [0.2, 0.25) is 0 Å². The number of rotatable bonds is 7. The fourth-order valence-corrected chi connectivity index (χ4v) is 3.91. The first kappa shape index (κ1) is 20.1. The Balaban J connectivity index is 2.09. The van der Waals surface area contributed by atoms with Crippen molar-refractivity contribution in [1.82, 2.24) is 5.43 Å². The number of carbonyl (C=O) groups excluding carboxylic acids is 1. The van der Waals surface area contributed by atoms with Crippen molar-refractivity contribution in [1.29, 1.82) is 0 Å². The molecule has 0 fully saturated rings. The first-order chi connectivity index (χ1) is 12.2. The molecule has 2 aromatic rings. The van der Waals surface area contributed by atoms with Crippen molar-refractivity contribution in [3.05, 3.63) is 51.7 Å². The van der Waals surface area contributed by atoms with Gasteiger partial charge < -0.3 is 0 Å². The van der Waals surface area contributed by atoms with Gasteiger partial charge in [-0.1, -0.05) is 26.0 Å². The number of carbonyl (C=O) groups is 1. The molecule has 140 valence electrons. The molecule has 0 radical (unpaired) electrons. The lowest BCUT2D eigenvalue weighted by atomic mass is 10.0. The summed E-state index contributed by atoms with van der Waals surface area (Å²) >= 11 is 1.51. The van der Waals surface area contributed by atoms with Crippen LogP contribution in [0.3, 0.4) is 0 Å². The van der Waals surface area contributed by atoms with E-state index in [0.717, 1.165) is 26.6 Å². The summed E-state index contributed by atoms with van der Waals surface area (Å²) in [5.41, 5.74) is 5.00. The van der Waals surface area contributed by atoms with Crippen LogP contribution in [-0.4, -0.2) is 33.3 Å². The normalized spacial score (nSPS) is 11.9. The zero-order valence-corrected chi connectivity index (χ0v) is 16.9. The maximum atomic E-state index is 12.1. The van der Waals surface area contributed by atoms with Gasteiger partial charge in [0.05, 0.1) is 18.2 Å². The van der Waals surface area contributed by atoms with Crippen LogP contribution >= 0.6 is 11.3 Å². The summed E-state index contributed by atoms with van der Waals surface area (Å²) in [6.07, 6.45) is 2.63. The third-order valence-electron chi connectivity index (χ3n) is 3.81. The number of nitrogens with one attached hydrogen (secondary N) is 1. The lowest BCUT2D eigenvalue weighted by Gasteiger charge is -2.21. The third-order valence-corrected chi connectivity index (χ3v) is 5.90. The Bertz CT molecular complexity index is 885. The molecule has 0 aliphatic rings. The molecule has 0 unspecified atom stereocenters. The van der Waals surface area contributed by atoms with E-state index in [1.807, 2.05) is 30.5 Å². The molecule has 1 aromatic carbocycles. The average Bonchev–Trinajstić information content (AvgIpc) is 2.97. The van der Waals surface area contributed by atoms with Gasteiger partial charge in [-0.05, 0) is 47.5 Å². The molecule has 2 rings (SSSR count). The van der Waals surface area contributed by atoms with Gasteiger partial charge in [-0.25, -0.2) is 13.8 Å². The molecule has 0 aliphatic heterocycles. The maximum absolute atomic E-state index is 12.1. The van der Waals surface area contributed by atoms with Gasteiger partial charge in [0.1, 0.15) is 6.54 Å². The Morgan fingerprint density at radius 1 is 1.27 bits per heavy atom. The number of aryl methyl sites for hydroxylation is 1. The average molecular weight is 394 g/mol. The monoisotopic (exact) mass is 393 g/mol. The topological polar surface area (TPSA) is 78.8 Å². The second kappa shape index (κ2) is 8.46. The molecule has 0 spiro atoms. The number of anilines is 1. The summed E-state index contributed by atoms with van der Waals surface area (Å²) in [5, 5.41) is 5.84. The zero-order chi connectivity index (χ0) is 19.3. The molecule has 1 N–H and O–H groups in total. The SMILES string of the molecule is Cc1ccsc1/C=N\NC(=O)CN(c1ccc(C(C)C)cc1)S(C)(=O)=O. The van der Waals surface area contributed by atoms with Crippen LogP contribution in [0, 0.1) is 6.92 Å². The summed E-state index contributed by atoms with van der Waals surface area (Å²) in [7, 11) is -3.60. The van der Waals surface area contributed by atoms with Crippen LogP contribution in [0.1, 0.15) is 35.8 Å². The number of amides is 1. The van der Waals surface area contributed by atoms with Crippen LogP contribution in [0.4, 0.5) is 5.69 Å². The summed E-state index contributed by atoms with van der Waals surface area (Å²) in [6, 6.07) is 9.12. The highest BCUT2D eigenvalue weighted by molar-refractivity contribution is 7.92. The summed E-state index contributed by atoms with van der Waals surface area (Å²) in [6.45, 7) is 5.74. The number of hydrazone groups is 1. The Morgan fingerprint density at radius 2 is 1.92 bits per heavy atom. The maximum Gasteiger partial charge on any atom is 0.260 e. The van der Waals surface area contributed by atoms with Crippen molar-refractivity contribution in [3.63, 3.8) is 0 Å². The van der Waals surface area contributed by atoms with Crippen molar-refractivity contribution < 1.29 is 13.2 Å². The molecule has 8 heteroatoms. The quantitative estimate of drug-likeness (QED) is 0.580. The molecule has 0 aliphatic carbocycles. The predicted octanol–water partition coefficient (Wildman–Crippen LogP) is 3.10. The van der Waals surface area contributed by atoms with Crippen molar-refractivity contribution in [2.45, 2.75) is 26.7 Å². The Labute approximate surface area is 158 Å². The second-order valence-electron chi connectivity index (χ2n) is 6.28. The predicted molar refractivity (Wildman–Crippen MR) is 108 cm³/mol. The molecular formula is C18H23N3O3S2. The van der Waals surface area contributed by atoms with E-state index in [9.17, 15) is 13.2 Å². The van der Waals surface area contributed by atoms with Gasteiger partial charge in [0, 0.05) is 4.88 Å². The van der Waals surface area contributed by atoms with Crippen LogP contribution in [0.5, 0.6) is 0 Å². The molecule has 1 heterocycles. The molecule has 1 amide bonds. The number of hydrogen-bond donors (Lipinski definition) is 1. The van der Waals surface area contributed by atoms with Crippen LogP contribution in [0.15, 0.2) is 40.8 Å². The van der Waals surface area contributed by atoms with Gasteiger partial charge in [0.2, 0.25) is 10.0 Å². The molecule has 26 heavy (non-hydrogen) atoms. The lowest BCUT2D eigenvalue weighted by molar-refractivity contribution is -0.119. The minimum absolute atomic E-state index is 0.333. The fourth-order valence-electron chi connectivity index (χ4n) is 2.27. The second-order valence-corrected chi connectivity index (χ2v) is 9.13. The molecule has 0 saturated carbocycles. The number of hydrogen-bond acceptors (Lipinski definition) is 5. The van der Waals surface area contributed by atoms with Crippen LogP contribution < -0.4 is 9.73 Å². The molecule has 0 saturated heterocycles. The Kier molecular flexibility index (Phi) is 6.55. The van der Waals surface area contributed by atoms with Crippen molar-refractivity contribution >= 4 is 39.2 Å². The van der Waals surface area contributed by atoms with Gasteiger partial charge >= 0.3 is 0 Å². The smallest absolute Gasteiger partial charge is 0.260 e. The van der Waals surface area contributed by atoms with E-state index in [2.05, 4.69) is 24.4 Å². The van der Waals surface area contributed by atoms with Gasteiger partial charge in [-0.15, -0.1) is 11.3 Å². The van der Waals surface area contributed by atoms with Crippen molar-refractivity contribution in [3.8, 4) is 0 Å². The van der Waals surface area contributed by atoms with Gasteiger partial charge in [-0.2, -0.15) is 5.10 Å². The van der Waals surface area contributed by atoms with Crippen molar-refractivity contribution in [2.75, 3.05) is 17.1 Å². The first-order valence-corrected chi connectivity index (χ1v) is 10.8. The molecule has 6 nitrogen and oxygen atoms in total. The minimum atomic E-state index is -3.60. The Hall–Kier alpha value is -2.19. The van der Waals surface area contributed by atoms with E-state index in [1.54, 1.807) is 18.3 Å².